The van der Waals surface area contributed by atoms with Crippen molar-refractivity contribution in [1.29, 1.82) is 0 Å². The molecule has 0 saturated heterocycles. The number of halogens is 2. The molecule has 0 radical (unpaired) electrons. The van der Waals surface area contributed by atoms with Gasteiger partial charge in [0, 0.05) is 0 Å². The van der Waals surface area contributed by atoms with E-state index in [1.165, 1.54) is 38.5 Å². The van der Waals surface area contributed by atoms with Crippen LogP contribution in [-0.4, -0.2) is 6.61 Å². The topological polar surface area (TPSA) is 9.23 Å². The molecule has 2 aliphatic carbocycles. The van der Waals surface area contributed by atoms with Crippen molar-refractivity contribution in [2.24, 2.45) is 17.8 Å². The van der Waals surface area contributed by atoms with E-state index in [0.29, 0.717) is 18.6 Å². The number of hydrogen-bond donors (Lipinski definition) is 0. The minimum atomic E-state index is -0.835. The van der Waals surface area contributed by atoms with Crippen LogP contribution in [0.1, 0.15) is 89.0 Å². The molecular weight excluding hydrogens is 354 g/mol. The predicted octanol–water partition coefficient (Wildman–Crippen LogP) is 7.80. The van der Waals surface area contributed by atoms with E-state index in [0.717, 1.165) is 43.4 Å². The summed E-state index contributed by atoms with van der Waals surface area (Å²) in [4.78, 5) is 0. The predicted molar refractivity (Wildman–Crippen MR) is 112 cm³/mol. The van der Waals surface area contributed by atoms with Crippen LogP contribution in [0.4, 0.5) is 8.78 Å². The van der Waals surface area contributed by atoms with Gasteiger partial charge in [-0.3, -0.25) is 0 Å². The van der Waals surface area contributed by atoms with Crippen molar-refractivity contribution in [3.63, 3.8) is 0 Å². The molecule has 3 rings (SSSR count). The minimum Gasteiger partial charge on any atom is -0.490 e. The Bertz CT molecular complexity index is 626. The van der Waals surface area contributed by atoms with Crippen molar-refractivity contribution < 1.29 is 13.5 Å². The van der Waals surface area contributed by atoms with Gasteiger partial charge in [0.05, 0.1) is 6.61 Å². The van der Waals surface area contributed by atoms with Crippen molar-refractivity contribution in [2.45, 2.75) is 83.5 Å². The second-order valence-corrected chi connectivity index (χ2v) is 8.89. The van der Waals surface area contributed by atoms with Gasteiger partial charge < -0.3 is 4.74 Å². The van der Waals surface area contributed by atoms with Crippen molar-refractivity contribution in [3.05, 3.63) is 42.0 Å². The maximum Gasteiger partial charge on any atom is 0.200 e. The first kappa shape index (κ1) is 21.3. The molecule has 2 aliphatic rings. The SMILES string of the molecule is C=CCCOc1ccc(C2CCC(C3CCC(CCC)CC3)CC2)c(F)c1F. The molecule has 0 amide bonds. The highest BCUT2D eigenvalue weighted by molar-refractivity contribution is 5.33. The fourth-order valence-electron chi connectivity index (χ4n) is 5.48. The summed E-state index contributed by atoms with van der Waals surface area (Å²) in [5, 5.41) is 0. The lowest BCUT2D eigenvalue weighted by atomic mass is 9.68. The average molecular weight is 391 g/mol. The summed E-state index contributed by atoms with van der Waals surface area (Å²) < 4.78 is 34.4. The molecule has 0 heterocycles. The van der Waals surface area contributed by atoms with Crippen LogP contribution < -0.4 is 4.74 Å². The number of hydrogen-bond acceptors (Lipinski definition) is 1. The molecule has 28 heavy (non-hydrogen) atoms. The van der Waals surface area contributed by atoms with E-state index >= 15 is 0 Å². The molecule has 3 heteroatoms. The third-order valence-corrected chi connectivity index (χ3v) is 7.12. The monoisotopic (exact) mass is 390 g/mol. The molecule has 0 spiro atoms. The number of benzene rings is 1. The summed E-state index contributed by atoms with van der Waals surface area (Å²) in [6.07, 6.45) is 14.8. The Hall–Kier alpha value is -1.38. The second-order valence-electron chi connectivity index (χ2n) is 8.89. The van der Waals surface area contributed by atoms with Crippen LogP contribution in [0, 0.1) is 29.4 Å². The lowest BCUT2D eigenvalue weighted by Gasteiger charge is -2.38. The van der Waals surface area contributed by atoms with Gasteiger partial charge in [-0.05, 0) is 80.2 Å². The van der Waals surface area contributed by atoms with E-state index in [2.05, 4.69) is 13.5 Å². The van der Waals surface area contributed by atoms with Crippen molar-refractivity contribution in [1.82, 2.24) is 0 Å². The van der Waals surface area contributed by atoms with Crippen LogP contribution in [0.2, 0.25) is 0 Å². The average Bonchev–Trinajstić information content (AvgIpc) is 2.72. The first-order valence-electron chi connectivity index (χ1n) is 11.4. The number of ether oxygens (including phenoxy) is 1. The molecule has 1 nitrogen and oxygen atoms in total. The van der Waals surface area contributed by atoms with E-state index in [1.807, 2.05) is 0 Å². The smallest absolute Gasteiger partial charge is 0.200 e. The third-order valence-electron chi connectivity index (χ3n) is 7.12. The lowest BCUT2D eigenvalue weighted by molar-refractivity contribution is 0.155. The van der Waals surface area contributed by atoms with Crippen LogP contribution in [0.25, 0.3) is 0 Å². The van der Waals surface area contributed by atoms with E-state index in [-0.39, 0.29) is 11.7 Å². The Morgan fingerprint density at radius 3 is 2.21 bits per heavy atom. The van der Waals surface area contributed by atoms with Gasteiger partial charge in [0.15, 0.2) is 11.6 Å². The zero-order valence-electron chi connectivity index (χ0n) is 17.4. The highest BCUT2D eigenvalue weighted by Crippen LogP contribution is 2.45. The van der Waals surface area contributed by atoms with Crippen LogP contribution in [0.3, 0.4) is 0 Å². The molecule has 0 bridgehead atoms. The maximum absolute atomic E-state index is 14.6. The second kappa shape index (κ2) is 10.4. The molecule has 0 atom stereocenters. The fourth-order valence-corrected chi connectivity index (χ4v) is 5.48. The van der Waals surface area contributed by atoms with Gasteiger partial charge in [0.25, 0.3) is 0 Å². The van der Waals surface area contributed by atoms with Crippen LogP contribution in [0.5, 0.6) is 5.75 Å². The van der Waals surface area contributed by atoms with Gasteiger partial charge in [-0.25, -0.2) is 4.39 Å². The summed E-state index contributed by atoms with van der Waals surface area (Å²) >= 11 is 0. The minimum absolute atomic E-state index is 0.0145. The standard InChI is InChI=1S/C25H36F2O/c1-3-5-17-28-23-16-15-22(24(26)25(23)27)21-13-11-20(12-14-21)19-9-7-18(6-4-2)8-10-19/h3,15-16,18-21H,1,4-14,17H2,2H3. The highest BCUT2D eigenvalue weighted by Gasteiger charge is 2.32. The number of rotatable bonds is 8. The van der Waals surface area contributed by atoms with Crippen LogP contribution >= 0.6 is 0 Å². The largest absolute Gasteiger partial charge is 0.490 e. The fraction of sp³-hybridized carbons (Fsp3) is 0.680. The maximum atomic E-state index is 14.6. The first-order valence-corrected chi connectivity index (χ1v) is 11.4. The third kappa shape index (κ3) is 5.15. The van der Waals surface area contributed by atoms with Crippen LogP contribution in [0.15, 0.2) is 24.8 Å². The van der Waals surface area contributed by atoms with Gasteiger partial charge in [0.2, 0.25) is 5.82 Å². The molecule has 1 aromatic rings. The molecular formula is C25H36F2O. The Morgan fingerprint density at radius 1 is 0.964 bits per heavy atom. The highest BCUT2D eigenvalue weighted by atomic mass is 19.2. The van der Waals surface area contributed by atoms with Gasteiger partial charge in [-0.1, -0.05) is 44.7 Å². The molecule has 2 fully saturated rings. The van der Waals surface area contributed by atoms with Crippen molar-refractivity contribution in [2.75, 3.05) is 6.61 Å². The van der Waals surface area contributed by atoms with Gasteiger partial charge >= 0.3 is 0 Å². The Morgan fingerprint density at radius 2 is 1.61 bits per heavy atom. The zero-order valence-corrected chi connectivity index (χ0v) is 17.4. The van der Waals surface area contributed by atoms with E-state index in [4.69, 9.17) is 4.74 Å². The Kier molecular flexibility index (Phi) is 7.93. The molecule has 2 saturated carbocycles. The van der Waals surface area contributed by atoms with Crippen molar-refractivity contribution >= 4 is 0 Å². The zero-order chi connectivity index (χ0) is 19.9. The molecule has 156 valence electrons. The molecule has 0 aromatic heterocycles. The lowest BCUT2D eigenvalue weighted by Crippen LogP contribution is -2.25. The summed E-state index contributed by atoms with van der Waals surface area (Å²) in [5.74, 6) is 1.20. The Balaban J connectivity index is 1.53. The molecule has 1 aromatic carbocycles. The Labute approximate surface area is 169 Å². The normalized spacial score (nSPS) is 28.1. The first-order chi connectivity index (χ1) is 13.6. The van der Waals surface area contributed by atoms with Gasteiger partial charge in [0.1, 0.15) is 0 Å². The summed E-state index contributed by atoms with van der Waals surface area (Å²) in [6.45, 7) is 6.22. The quantitative estimate of drug-likeness (QED) is 0.325. The summed E-state index contributed by atoms with van der Waals surface area (Å²) in [7, 11) is 0. The van der Waals surface area contributed by atoms with Crippen molar-refractivity contribution in [3.8, 4) is 5.75 Å². The summed E-state index contributed by atoms with van der Waals surface area (Å²) in [5.41, 5.74) is 0.540. The van der Waals surface area contributed by atoms with E-state index in [9.17, 15) is 8.78 Å². The van der Waals surface area contributed by atoms with Gasteiger partial charge in [-0.2, -0.15) is 4.39 Å². The molecule has 0 N–H and O–H groups in total. The van der Waals surface area contributed by atoms with Gasteiger partial charge in [-0.15, -0.1) is 6.58 Å². The van der Waals surface area contributed by atoms with E-state index in [1.54, 1.807) is 18.2 Å². The molecule has 0 unspecified atom stereocenters. The van der Waals surface area contributed by atoms with E-state index < -0.39 is 11.6 Å². The van der Waals surface area contributed by atoms with Crippen LogP contribution in [-0.2, 0) is 0 Å². The molecule has 0 aliphatic heterocycles. The summed E-state index contributed by atoms with van der Waals surface area (Å²) in [6, 6.07) is 3.33.